The summed E-state index contributed by atoms with van der Waals surface area (Å²) in [6.45, 7) is 6.04. The van der Waals surface area contributed by atoms with E-state index in [-0.39, 0.29) is 6.10 Å². The third kappa shape index (κ3) is 4.22. The number of rotatable bonds is 4. The molecule has 3 saturated heterocycles. The lowest BCUT2D eigenvalue weighted by Gasteiger charge is -2.35. The molecule has 0 aliphatic carbocycles. The average Bonchev–Trinajstić information content (AvgIpc) is 3.38. The van der Waals surface area contributed by atoms with Crippen molar-refractivity contribution in [2.45, 2.75) is 37.3 Å². The molecule has 0 bridgehead atoms. The smallest absolute Gasteiger partial charge is 0.193 e. The molecule has 0 spiro atoms. The Morgan fingerprint density at radius 3 is 2.85 bits per heavy atom. The molecule has 1 N–H and O–H groups in total. The van der Waals surface area contributed by atoms with Crippen LogP contribution >= 0.6 is 0 Å². The number of nitrogens with zero attached hydrogens (tertiary/aromatic N) is 3. The van der Waals surface area contributed by atoms with Crippen LogP contribution in [0.2, 0.25) is 0 Å². The van der Waals surface area contributed by atoms with Crippen molar-refractivity contribution in [3.05, 3.63) is 29.8 Å². The third-order valence-corrected chi connectivity index (χ3v) is 6.24. The number of likely N-dealkylation sites (tertiary alicyclic amines) is 1. The van der Waals surface area contributed by atoms with Crippen LogP contribution in [-0.4, -0.2) is 81.4 Å². The zero-order valence-electron chi connectivity index (χ0n) is 16.6. The molecule has 6 nitrogen and oxygen atoms in total. The zero-order chi connectivity index (χ0) is 18.6. The molecule has 0 amide bonds. The Kier molecular flexibility index (Phi) is 5.83. The predicted octanol–water partition coefficient (Wildman–Crippen LogP) is 1.92. The van der Waals surface area contributed by atoms with Crippen LogP contribution in [0.25, 0.3) is 0 Å². The first-order valence-corrected chi connectivity index (χ1v) is 10.2. The summed E-state index contributed by atoms with van der Waals surface area (Å²) < 4.78 is 11.3. The second-order valence-electron chi connectivity index (χ2n) is 7.88. The van der Waals surface area contributed by atoms with E-state index in [0.717, 1.165) is 50.9 Å². The van der Waals surface area contributed by atoms with E-state index in [4.69, 9.17) is 9.47 Å². The van der Waals surface area contributed by atoms with Crippen molar-refractivity contribution in [1.82, 2.24) is 15.1 Å². The Balaban J connectivity index is 1.28. The molecule has 27 heavy (non-hydrogen) atoms. The SMILES string of the molecule is CN=C(NCC1CN2CCCC2CO1)N1CCC(c2ccc(OC)cc2)C1. The summed E-state index contributed by atoms with van der Waals surface area (Å²) in [5.41, 5.74) is 1.38. The highest BCUT2D eigenvalue weighted by molar-refractivity contribution is 5.80. The van der Waals surface area contributed by atoms with Gasteiger partial charge in [-0.25, -0.2) is 0 Å². The van der Waals surface area contributed by atoms with Gasteiger partial charge in [0.15, 0.2) is 5.96 Å². The first-order chi connectivity index (χ1) is 13.3. The van der Waals surface area contributed by atoms with Gasteiger partial charge in [-0.1, -0.05) is 12.1 Å². The standard InChI is InChI=1S/C21H32N4O2/c1-22-21(23-12-20-14-24-10-3-4-18(24)15-27-20)25-11-9-17(13-25)16-5-7-19(26-2)8-6-16/h5-8,17-18,20H,3-4,9-15H2,1-2H3,(H,22,23). The molecule has 3 aliphatic rings. The Labute approximate surface area is 162 Å². The minimum Gasteiger partial charge on any atom is -0.497 e. The number of fused-ring (bicyclic) bond motifs is 1. The molecular weight excluding hydrogens is 340 g/mol. The van der Waals surface area contributed by atoms with E-state index in [1.165, 1.54) is 24.9 Å². The van der Waals surface area contributed by atoms with Gasteiger partial charge in [0.1, 0.15) is 5.75 Å². The topological polar surface area (TPSA) is 49.3 Å². The lowest BCUT2D eigenvalue weighted by atomic mass is 9.98. The van der Waals surface area contributed by atoms with E-state index in [1.807, 2.05) is 7.05 Å². The van der Waals surface area contributed by atoms with Crippen LogP contribution in [-0.2, 0) is 4.74 Å². The molecule has 0 aromatic heterocycles. The molecular formula is C21H32N4O2. The number of methoxy groups -OCH3 is 1. The fourth-order valence-electron chi connectivity index (χ4n) is 4.65. The number of morpholine rings is 1. The van der Waals surface area contributed by atoms with E-state index in [1.54, 1.807) is 7.11 Å². The van der Waals surface area contributed by atoms with Crippen LogP contribution in [0.15, 0.2) is 29.3 Å². The van der Waals surface area contributed by atoms with Gasteiger partial charge >= 0.3 is 0 Å². The largest absolute Gasteiger partial charge is 0.497 e. The summed E-state index contributed by atoms with van der Waals surface area (Å²) in [5.74, 6) is 2.46. The molecule has 4 rings (SSSR count). The molecule has 3 aliphatic heterocycles. The van der Waals surface area contributed by atoms with Crippen LogP contribution in [0.4, 0.5) is 0 Å². The lowest BCUT2D eigenvalue weighted by molar-refractivity contribution is -0.0454. The monoisotopic (exact) mass is 372 g/mol. The van der Waals surface area contributed by atoms with Crippen molar-refractivity contribution >= 4 is 5.96 Å². The summed E-state index contributed by atoms with van der Waals surface area (Å²) in [7, 11) is 3.59. The number of nitrogens with one attached hydrogen (secondary N) is 1. The molecule has 0 saturated carbocycles. The fraction of sp³-hybridized carbons (Fsp3) is 0.667. The molecule has 0 radical (unpaired) electrons. The molecule has 3 fully saturated rings. The molecule has 1 aromatic rings. The van der Waals surface area contributed by atoms with Gasteiger partial charge in [-0.05, 0) is 43.5 Å². The summed E-state index contributed by atoms with van der Waals surface area (Å²) in [4.78, 5) is 9.48. The highest BCUT2D eigenvalue weighted by Crippen LogP contribution is 2.28. The minimum absolute atomic E-state index is 0.260. The Morgan fingerprint density at radius 1 is 1.22 bits per heavy atom. The van der Waals surface area contributed by atoms with Gasteiger partial charge in [-0.3, -0.25) is 9.89 Å². The fourth-order valence-corrected chi connectivity index (χ4v) is 4.65. The number of benzene rings is 1. The van der Waals surface area contributed by atoms with Crippen LogP contribution in [0.3, 0.4) is 0 Å². The summed E-state index contributed by atoms with van der Waals surface area (Å²) in [6.07, 6.45) is 4.03. The second-order valence-corrected chi connectivity index (χ2v) is 7.88. The predicted molar refractivity (Wildman–Crippen MR) is 108 cm³/mol. The van der Waals surface area contributed by atoms with Crippen LogP contribution < -0.4 is 10.1 Å². The minimum atomic E-state index is 0.260. The maximum absolute atomic E-state index is 6.07. The first kappa shape index (κ1) is 18.6. The maximum Gasteiger partial charge on any atom is 0.193 e. The summed E-state index contributed by atoms with van der Waals surface area (Å²) in [6, 6.07) is 9.13. The number of hydrogen-bond acceptors (Lipinski definition) is 4. The van der Waals surface area contributed by atoms with Crippen LogP contribution in [0, 0.1) is 0 Å². The van der Waals surface area contributed by atoms with Gasteiger partial charge in [0.25, 0.3) is 0 Å². The van der Waals surface area contributed by atoms with Crippen LogP contribution in [0.5, 0.6) is 5.75 Å². The van der Waals surface area contributed by atoms with Crippen molar-refractivity contribution in [2.75, 3.05) is 53.5 Å². The summed E-state index contributed by atoms with van der Waals surface area (Å²) >= 11 is 0. The first-order valence-electron chi connectivity index (χ1n) is 10.2. The van der Waals surface area contributed by atoms with Gasteiger partial charge in [0.05, 0.1) is 19.8 Å². The number of guanidine groups is 1. The number of ether oxygens (including phenoxy) is 2. The van der Waals surface area contributed by atoms with Crippen molar-refractivity contribution in [3.63, 3.8) is 0 Å². The van der Waals surface area contributed by atoms with Crippen molar-refractivity contribution in [1.29, 1.82) is 0 Å². The van der Waals surface area contributed by atoms with Gasteiger partial charge in [-0.15, -0.1) is 0 Å². The number of hydrogen-bond donors (Lipinski definition) is 1. The van der Waals surface area contributed by atoms with Crippen molar-refractivity contribution in [2.24, 2.45) is 4.99 Å². The summed E-state index contributed by atoms with van der Waals surface area (Å²) in [5, 5.41) is 3.56. The van der Waals surface area contributed by atoms with Crippen LogP contribution in [0.1, 0.15) is 30.7 Å². The Bertz CT molecular complexity index is 648. The van der Waals surface area contributed by atoms with Gasteiger partial charge < -0.3 is 19.7 Å². The molecule has 3 atom stereocenters. The molecule has 3 heterocycles. The van der Waals surface area contributed by atoms with E-state index in [0.29, 0.717) is 12.0 Å². The highest BCUT2D eigenvalue weighted by atomic mass is 16.5. The molecule has 1 aromatic carbocycles. The highest BCUT2D eigenvalue weighted by Gasteiger charge is 2.32. The van der Waals surface area contributed by atoms with Gasteiger partial charge in [-0.2, -0.15) is 0 Å². The Morgan fingerprint density at radius 2 is 2.07 bits per heavy atom. The van der Waals surface area contributed by atoms with E-state index in [9.17, 15) is 0 Å². The van der Waals surface area contributed by atoms with Crippen molar-refractivity contribution < 1.29 is 9.47 Å². The average molecular weight is 373 g/mol. The van der Waals surface area contributed by atoms with Gasteiger partial charge in [0.2, 0.25) is 0 Å². The van der Waals surface area contributed by atoms with E-state index in [2.05, 4.69) is 44.4 Å². The van der Waals surface area contributed by atoms with E-state index >= 15 is 0 Å². The molecule has 3 unspecified atom stereocenters. The zero-order valence-corrected chi connectivity index (χ0v) is 16.6. The van der Waals surface area contributed by atoms with Gasteiger partial charge in [0, 0.05) is 45.2 Å². The number of aliphatic imine (C=N–C) groups is 1. The Hall–Kier alpha value is -1.79. The molecule has 148 valence electrons. The lowest BCUT2D eigenvalue weighted by Crippen LogP contribution is -2.51. The quantitative estimate of drug-likeness (QED) is 0.646. The van der Waals surface area contributed by atoms with Crippen molar-refractivity contribution in [3.8, 4) is 5.75 Å². The second kappa shape index (κ2) is 8.48. The molecule has 6 heteroatoms. The maximum atomic E-state index is 6.07. The third-order valence-electron chi connectivity index (χ3n) is 6.24. The normalized spacial score (nSPS) is 29.0. The van der Waals surface area contributed by atoms with E-state index < -0.39 is 0 Å².